The smallest absolute Gasteiger partial charge is 0.334 e. The zero-order chi connectivity index (χ0) is 27.4. The van der Waals surface area contributed by atoms with Gasteiger partial charge in [-0.15, -0.1) is 0 Å². The predicted octanol–water partition coefficient (Wildman–Crippen LogP) is 1.29. The third-order valence-electron chi connectivity index (χ3n) is 6.70. The molecule has 2 aromatic rings. The molecular formula is C26H30FN5O6. The number of methoxy groups -OCH3 is 1. The van der Waals surface area contributed by atoms with Gasteiger partial charge in [0.05, 0.1) is 26.6 Å². The van der Waals surface area contributed by atoms with Gasteiger partial charge in [-0.2, -0.15) is 0 Å². The summed E-state index contributed by atoms with van der Waals surface area (Å²) in [6, 6.07) is 11.3. The summed E-state index contributed by atoms with van der Waals surface area (Å²) in [5.74, 6) is -1.82. The van der Waals surface area contributed by atoms with E-state index in [4.69, 9.17) is 4.74 Å². The first-order valence-corrected chi connectivity index (χ1v) is 12.1. The number of hydrazine groups is 1. The Labute approximate surface area is 219 Å². The predicted molar refractivity (Wildman–Crippen MR) is 133 cm³/mol. The van der Waals surface area contributed by atoms with Gasteiger partial charge in [-0.1, -0.05) is 24.3 Å². The fourth-order valence-electron chi connectivity index (χ4n) is 4.79. The van der Waals surface area contributed by atoms with E-state index in [2.05, 4.69) is 5.32 Å². The molecule has 2 saturated heterocycles. The molecule has 0 bridgehead atoms. The molecule has 2 aliphatic rings. The van der Waals surface area contributed by atoms with E-state index in [0.717, 1.165) is 5.56 Å². The summed E-state index contributed by atoms with van der Waals surface area (Å²) in [5.41, 5.74) is 1.62. The standard InChI is InChI=1S/C26H30FN5O6/c1-29-16-23(33)31-21(13-24(34)35)25(36)30(12-11-17-5-9-20(38-2)10-6-17)15-22(31)32(29)26(37)28-14-18-3-7-19(27)8-4-18/h3-10,21-22H,11-16H2,1-2H3,(H,28,37)(H,34,35)/t21-,22-/m0/s1. The molecule has 12 heteroatoms. The SMILES string of the molecule is COc1ccc(CCN2C[C@H]3N(C(=O)CN(C)N3C(=O)NCc3ccc(F)cc3)[C@@H](CC(=O)O)C2=O)cc1. The van der Waals surface area contributed by atoms with Gasteiger partial charge in [-0.05, 0) is 41.8 Å². The van der Waals surface area contributed by atoms with E-state index in [0.29, 0.717) is 17.7 Å². The van der Waals surface area contributed by atoms with E-state index in [1.54, 1.807) is 26.3 Å². The van der Waals surface area contributed by atoms with Crippen molar-refractivity contribution in [1.29, 1.82) is 0 Å². The highest BCUT2D eigenvalue weighted by atomic mass is 19.1. The van der Waals surface area contributed by atoms with Gasteiger partial charge >= 0.3 is 12.0 Å². The number of rotatable bonds is 8. The maximum absolute atomic E-state index is 13.4. The molecule has 4 amide bonds. The number of carbonyl (C=O) groups excluding carboxylic acids is 3. The third-order valence-corrected chi connectivity index (χ3v) is 6.70. The van der Waals surface area contributed by atoms with Crippen molar-refractivity contribution in [3.05, 3.63) is 65.5 Å². The topological polar surface area (TPSA) is 123 Å². The summed E-state index contributed by atoms with van der Waals surface area (Å²) in [4.78, 5) is 54.1. The second-order valence-electron chi connectivity index (χ2n) is 9.22. The lowest BCUT2D eigenvalue weighted by Gasteiger charge is -2.54. The molecular weight excluding hydrogens is 497 g/mol. The van der Waals surface area contributed by atoms with Gasteiger partial charge in [0, 0.05) is 20.1 Å². The van der Waals surface area contributed by atoms with Crippen LogP contribution in [0.5, 0.6) is 5.75 Å². The third kappa shape index (κ3) is 5.86. The number of likely N-dealkylation sites (N-methyl/N-ethyl adjacent to an activating group) is 1. The summed E-state index contributed by atoms with van der Waals surface area (Å²) < 4.78 is 18.4. The molecule has 38 heavy (non-hydrogen) atoms. The fraction of sp³-hybridized carbons (Fsp3) is 0.385. The number of ether oxygens (including phenoxy) is 1. The second-order valence-corrected chi connectivity index (χ2v) is 9.22. The van der Waals surface area contributed by atoms with Crippen molar-refractivity contribution >= 4 is 23.8 Å². The van der Waals surface area contributed by atoms with Crippen molar-refractivity contribution in [1.82, 2.24) is 25.1 Å². The molecule has 0 spiro atoms. The number of halogens is 1. The maximum Gasteiger partial charge on any atom is 0.334 e. The summed E-state index contributed by atoms with van der Waals surface area (Å²) >= 11 is 0. The molecule has 202 valence electrons. The van der Waals surface area contributed by atoms with Gasteiger partial charge in [-0.3, -0.25) is 14.4 Å². The van der Waals surface area contributed by atoms with Gasteiger partial charge < -0.3 is 25.0 Å². The number of fused-ring (bicyclic) bond motifs is 1. The first-order valence-electron chi connectivity index (χ1n) is 12.1. The van der Waals surface area contributed by atoms with Crippen LogP contribution in [0.4, 0.5) is 9.18 Å². The van der Waals surface area contributed by atoms with E-state index in [1.807, 2.05) is 24.3 Å². The van der Waals surface area contributed by atoms with Crippen LogP contribution in [0.3, 0.4) is 0 Å². The lowest BCUT2D eigenvalue weighted by molar-refractivity contribution is -0.188. The fourth-order valence-corrected chi connectivity index (χ4v) is 4.79. The van der Waals surface area contributed by atoms with Crippen molar-refractivity contribution in [2.75, 3.05) is 33.8 Å². The number of carboxylic acids is 1. The number of nitrogens with one attached hydrogen (secondary N) is 1. The molecule has 4 rings (SSSR count). The van der Waals surface area contributed by atoms with Gasteiger partial charge in [0.15, 0.2) is 0 Å². The zero-order valence-corrected chi connectivity index (χ0v) is 21.2. The molecule has 2 atom stereocenters. The minimum atomic E-state index is -1.24. The first kappa shape index (κ1) is 26.9. The van der Waals surface area contributed by atoms with Crippen LogP contribution in [-0.4, -0.2) is 94.7 Å². The lowest BCUT2D eigenvalue weighted by Crippen LogP contribution is -2.76. The first-order chi connectivity index (χ1) is 18.2. The number of carboxylic acid groups (broad SMARTS) is 1. The number of urea groups is 1. The summed E-state index contributed by atoms with van der Waals surface area (Å²) in [6.45, 7) is 0.207. The molecule has 2 heterocycles. The van der Waals surface area contributed by atoms with Crippen molar-refractivity contribution in [3.63, 3.8) is 0 Å². The van der Waals surface area contributed by atoms with E-state index in [9.17, 15) is 28.7 Å². The Morgan fingerprint density at radius 3 is 2.37 bits per heavy atom. The lowest BCUT2D eigenvalue weighted by atomic mass is 10.0. The zero-order valence-electron chi connectivity index (χ0n) is 21.2. The molecule has 0 saturated carbocycles. The van der Waals surface area contributed by atoms with Crippen LogP contribution in [0.25, 0.3) is 0 Å². The minimum Gasteiger partial charge on any atom is -0.497 e. The number of piperazine rings is 1. The molecule has 0 aromatic heterocycles. The Hall–Kier alpha value is -4.19. The molecule has 0 unspecified atom stereocenters. The molecule has 0 radical (unpaired) electrons. The molecule has 0 aliphatic carbocycles. The summed E-state index contributed by atoms with van der Waals surface area (Å²) in [6.07, 6.45) is -0.982. The van der Waals surface area contributed by atoms with Crippen molar-refractivity contribution in [2.45, 2.75) is 31.6 Å². The maximum atomic E-state index is 13.4. The highest BCUT2D eigenvalue weighted by Gasteiger charge is 2.51. The number of carbonyl (C=O) groups is 4. The van der Waals surface area contributed by atoms with Crippen LogP contribution < -0.4 is 10.1 Å². The highest BCUT2D eigenvalue weighted by Crippen LogP contribution is 2.27. The minimum absolute atomic E-state index is 0.0190. The number of amides is 4. The highest BCUT2D eigenvalue weighted by molar-refractivity contribution is 5.93. The average molecular weight is 528 g/mol. The molecule has 2 N–H and O–H groups in total. The van der Waals surface area contributed by atoms with E-state index in [1.165, 1.54) is 32.0 Å². The molecule has 2 aromatic carbocycles. The number of aliphatic carboxylic acids is 1. The monoisotopic (exact) mass is 527 g/mol. The van der Waals surface area contributed by atoms with Crippen LogP contribution in [-0.2, 0) is 27.3 Å². The van der Waals surface area contributed by atoms with Gasteiger partial charge in [0.1, 0.15) is 23.8 Å². The van der Waals surface area contributed by atoms with Crippen molar-refractivity contribution < 1.29 is 33.4 Å². The average Bonchev–Trinajstić information content (AvgIpc) is 2.89. The Bertz CT molecular complexity index is 1190. The van der Waals surface area contributed by atoms with E-state index in [-0.39, 0.29) is 26.2 Å². The molecule has 11 nitrogen and oxygen atoms in total. The largest absolute Gasteiger partial charge is 0.497 e. The Morgan fingerprint density at radius 2 is 1.74 bits per heavy atom. The van der Waals surface area contributed by atoms with Gasteiger partial charge in [-0.25, -0.2) is 19.2 Å². The Kier molecular flexibility index (Phi) is 8.10. The van der Waals surface area contributed by atoms with Gasteiger partial charge in [0.2, 0.25) is 11.8 Å². The van der Waals surface area contributed by atoms with Crippen LogP contribution in [0.2, 0.25) is 0 Å². The molecule has 2 fully saturated rings. The quantitative estimate of drug-likeness (QED) is 0.531. The van der Waals surface area contributed by atoms with Crippen molar-refractivity contribution in [3.8, 4) is 5.75 Å². The Balaban J connectivity index is 1.55. The van der Waals surface area contributed by atoms with Crippen molar-refractivity contribution in [2.24, 2.45) is 0 Å². The Morgan fingerprint density at radius 1 is 1.08 bits per heavy atom. The number of benzene rings is 2. The van der Waals surface area contributed by atoms with Gasteiger partial charge in [0.25, 0.3) is 0 Å². The van der Waals surface area contributed by atoms with Crippen LogP contribution in [0.1, 0.15) is 17.5 Å². The summed E-state index contributed by atoms with van der Waals surface area (Å²) in [7, 11) is 3.15. The van der Waals surface area contributed by atoms with E-state index >= 15 is 0 Å². The number of hydrogen-bond donors (Lipinski definition) is 2. The van der Waals surface area contributed by atoms with Crippen LogP contribution >= 0.6 is 0 Å². The summed E-state index contributed by atoms with van der Waals surface area (Å²) in [5, 5.41) is 15.1. The normalized spacial score (nSPS) is 19.8. The number of nitrogens with zero attached hydrogens (tertiary/aromatic N) is 4. The molecule has 2 aliphatic heterocycles. The number of hydrogen-bond acceptors (Lipinski definition) is 6. The van der Waals surface area contributed by atoms with Crippen LogP contribution in [0, 0.1) is 5.82 Å². The van der Waals surface area contributed by atoms with Crippen LogP contribution in [0.15, 0.2) is 48.5 Å². The van der Waals surface area contributed by atoms with E-state index < -0.39 is 48.3 Å². The second kappa shape index (κ2) is 11.5.